The van der Waals surface area contributed by atoms with E-state index in [4.69, 9.17) is 56.4 Å². The Morgan fingerprint density at radius 3 is 2.20 bits per heavy atom. The quantitative estimate of drug-likeness (QED) is 0.0986. The predicted molar refractivity (Wildman–Crippen MR) is 245 cm³/mol. The van der Waals surface area contributed by atoms with Crippen LogP contribution in [-0.4, -0.2) is 141 Å². The molecule has 66 heavy (non-hydrogen) atoms. The van der Waals surface area contributed by atoms with Gasteiger partial charge in [0, 0.05) is 19.4 Å². The number of aliphatic hydroxyl groups is 5. The molecular formula is C48H68Cl2O16. The van der Waals surface area contributed by atoms with Crippen molar-refractivity contribution in [3.05, 3.63) is 79.9 Å². The minimum atomic E-state index is -1.53. The molecule has 0 amide bonds. The van der Waals surface area contributed by atoms with Gasteiger partial charge in [0.05, 0.1) is 41.1 Å². The number of ether oxygens (including phenoxy) is 7. The average molecular weight is 972 g/mol. The SMILES string of the molecule is CCc1c(Cl)c(O)c(Cl)c(O)c1C(=O)OC1C(C)OC(OC/C2=C\C=C\CC(O)/C(C)=C/C(CC)C(OC3OC(C)(C)C(O)C(O)C3O)/C(C)=C/C(C)=C/CC(CC)OC2=O)C(OC)C1O. The lowest BCUT2D eigenvalue weighted by molar-refractivity contribution is -0.331. The summed E-state index contributed by atoms with van der Waals surface area (Å²) in [6, 6.07) is 0. The summed E-state index contributed by atoms with van der Waals surface area (Å²) in [5.41, 5.74) is 0.782. The average Bonchev–Trinajstić information content (AvgIpc) is 3.27. The molecule has 3 aliphatic rings. The normalized spacial score (nSPS) is 36.4. The highest BCUT2D eigenvalue weighted by Crippen LogP contribution is 2.45. The smallest absolute Gasteiger partial charge is 0.342 e. The molecule has 3 heterocycles. The molecule has 0 saturated carbocycles. The highest BCUT2D eigenvalue weighted by Gasteiger charge is 2.50. The van der Waals surface area contributed by atoms with Crippen molar-refractivity contribution in [2.45, 2.75) is 174 Å². The maximum atomic E-state index is 13.8. The van der Waals surface area contributed by atoms with Crippen LogP contribution in [0, 0.1) is 5.92 Å². The molecule has 4 rings (SSSR count). The highest BCUT2D eigenvalue weighted by atomic mass is 35.5. The third kappa shape index (κ3) is 13.0. The summed E-state index contributed by atoms with van der Waals surface area (Å²) in [6.45, 7) is 15.4. The Morgan fingerprint density at radius 1 is 0.894 bits per heavy atom. The van der Waals surface area contributed by atoms with Crippen molar-refractivity contribution >= 4 is 35.1 Å². The van der Waals surface area contributed by atoms with Crippen molar-refractivity contribution in [2.75, 3.05) is 13.7 Å². The fourth-order valence-electron chi connectivity index (χ4n) is 8.12. The van der Waals surface area contributed by atoms with Gasteiger partial charge in [-0.05, 0) is 90.0 Å². The summed E-state index contributed by atoms with van der Waals surface area (Å²) in [7, 11) is 1.29. The summed E-state index contributed by atoms with van der Waals surface area (Å²) in [4.78, 5) is 27.3. The number of allylic oxidation sites excluding steroid dienone is 4. The summed E-state index contributed by atoms with van der Waals surface area (Å²) in [5.74, 6) is -3.43. The minimum absolute atomic E-state index is 0.0791. The lowest BCUT2D eigenvalue weighted by Gasteiger charge is -2.46. The molecular weight excluding hydrogens is 903 g/mol. The molecule has 13 atom stereocenters. The molecule has 16 nitrogen and oxygen atoms in total. The maximum Gasteiger partial charge on any atom is 0.342 e. The number of cyclic esters (lactones) is 1. The highest BCUT2D eigenvalue weighted by molar-refractivity contribution is 6.39. The molecule has 1 aromatic carbocycles. The van der Waals surface area contributed by atoms with Gasteiger partial charge in [0.15, 0.2) is 30.2 Å². The van der Waals surface area contributed by atoms with Crippen LogP contribution >= 0.6 is 23.2 Å². The number of hydrogen-bond donors (Lipinski definition) is 7. The van der Waals surface area contributed by atoms with E-state index >= 15 is 0 Å². The standard InChI is InChI=1S/C48H68Cl2O16/c1-11-27-21-24(5)31(51)17-15-14-16-28(44(58)63-29(12-2)19-18-23(4)20-25(6)40(27)65-46-38(55)37(54)43(57)48(8,9)66-46)22-61-47-42(60-10)39(56)41(26(7)62-47)64-45(59)32-30(13-3)33(49)36(53)34(50)35(32)52/h14-16,18,20-21,26-27,29,31,37-43,46-47,51-57H,11-13,17,19,22H2,1-10H3/b15-14+,23-18+,24-21+,25-20+,28-16+. The molecule has 13 unspecified atom stereocenters. The molecule has 18 heteroatoms. The third-order valence-corrected chi connectivity index (χ3v) is 13.0. The van der Waals surface area contributed by atoms with E-state index in [1.807, 2.05) is 45.9 Å². The van der Waals surface area contributed by atoms with Gasteiger partial charge >= 0.3 is 11.9 Å². The molecule has 0 radical (unpaired) electrons. The molecule has 7 N–H and O–H groups in total. The molecule has 0 aromatic heterocycles. The van der Waals surface area contributed by atoms with Crippen LogP contribution in [0.1, 0.15) is 104 Å². The largest absolute Gasteiger partial charge is 0.505 e. The number of aliphatic hydroxyl groups excluding tert-OH is 5. The first-order valence-corrected chi connectivity index (χ1v) is 23.0. The predicted octanol–water partition coefficient (Wildman–Crippen LogP) is 6.06. The maximum absolute atomic E-state index is 13.8. The second-order valence-electron chi connectivity index (χ2n) is 17.5. The van der Waals surface area contributed by atoms with Gasteiger partial charge < -0.3 is 68.9 Å². The van der Waals surface area contributed by atoms with Crippen LogP contribution in [0.15, 0.2) is 58.7 Å². The number of benzene rings is 1. The number of carbonyl (C=O) groups excluding carboxylic acids is 2. The van der Waals surface area contributed by atoms with Crippen molar-refractivity contribution in [1.82, 2.24) is 0 Å². The number of carbonyl (C=O) groups is 2. The fraction of sp³-hybridized carbons (Fsp3) is 0.625. The van der Waals surface area contributed by atoms with Gasteiger partial charge in [-0.3, -0.25) is 0 Å². The van der Waals surface area contributed by atoms with Crippen LogP contribution in [0.4, 0.5) is 0 Å². The van der Waals surface area contributed by atoms with Gasteiger partial charge in [-0.15, -0.1) is 0 Å². The first-order chi connectivity index (χ1) is 31.0. The van der Waals surface area contributed by atoms with Crippen LogP contribution in [0.3, 0.4) is 0 Å². The van der Waals surface area contributed by atoms with Gasteiger partial charge in [-0.1, -0.05) is 79.9 Å². The summed E-state index contributed by atoms with van der Waals surface area (Å²) in [5, 5.41) is 75.0. The zero-order valence-electron chi connectivity index (χ0n) is 39.3. The van der Waals surface area contributed by atoms with E-state index in [9.17, 15) is 45.3 Å². The minimum Gasteiger partial charge on any atom is -0.505 e. The number of phenolic OH excluding ortho intramolecular Hbond substituents is 2. The topological polar surface area (TPSA) is 240 Å². The zero-order valence-corrected chi connectivity index (χ0v) is 40.8. The second kappa shape index (κ2) is 24.3. The Hall–Kier alpha value is -3.36. The number of methoxy groups -OCH3 is 1. The van der Waals surface area contributed by atoms with E-state index in [0.29, 0.717) is 24.8 Å². The monoisotopic (exact) mass is 970 g/mol. The second-order valence-corrected chi connectivity index (χ2v) is 18.3. The lowest BCUT2D eigenvalue weighted by Crippen LogP contribution is -2.63. The first kappa shape index (κ1) is 55.2. The summed E-state index contributed by atoms with van der Waals surface area (Å²) in [6.07, 6.45) is -2.06. The van der Waals surface area contributed by atoms with E-state index in [2.05, 4.69) is 0 Å². The van der Waals surface area contributed by atoms with Crippen molar-refractivity contribution in [2.24, 2.45) is 5.92 Å². The molecule has 0 spiro atoms. The molecule has 0 bridgehead atoms. The van der Waals surface area contributed by atoms with Crippen LogP contribution in [-0.2, 0) is 44.4 Å². The van der Waals surface area contributed by atoms with Gasteiger partial charge in [0.1, 0.15) is 47.2 Å². The lowest BCUT2D eigenvalue weighted by atomic mass is 9.88. The Kier molecular flexibility index (Phi) is 20.3. The van der Waals surface area contributed by atoms with E-state index in [1.54, 1.807) is 39.8 Å². The first-order valence-electron chi connectivity index (χ1n) is 22.3. The van der Waals surface area contributed by atoms with Crippen molar-refractivity contribution in [3.63, 3.8) is 0 Å². The number of rotatable bonds is 11. The number of esters is 2. The number of phenols is 2. The van der Waals surface area contributed by atoms with Crippen LogP contribution in [0.2, 0.25) is 10.0 Å². The van der Waals surface area contributed by atoms with Crippen molar-refractivity contribution in [1.29, 1.82) is 0 Å². The fourth-order valence-corrected chi connectivity index (χ4v) is 8.68. The molecule has 1 aromatic rings. The Morgan fingerprint density at radius 2 is 1.58 bits per heavy atom. The Labute approximate surface area is 397 Å². The van der Waals surface area contributed by atoms with Gasteiger partial charge in [0.2, 0.25) is 0 Å². The van der Waals surface area contributed by atoms with Crippen LogP contribution < -0.4 is 0 Å². The zero-order chi connectivity index (χ0) is 49.4. The van der Waals surface area contributed by atoms with E-state index in [0.717, 1.165) is 11.1 Å². The molecule has 2 saturated heterocycles. The Balaban J connectivity index is 1.58. The molecule has 3 aliphatic heterocycles. The third-order valence-electron chi connectivity index (χ3n) is 12.3. The molecule has 370 valence electrons. The van der Waals surface area contributed by atoms with Crippen LogP contribution in [0.25, 0.3) is 0 Å². The summed E-state index contributed by atoms with van der Waals surface area (Å²) < 4.78 is 41.7. The Bertz CT molecular complexity index is 2010. The van der Waals surface area contributed by atoms with Crippen LogP contribution in [0.5, 0.6) is 11.5 Å². The number of aromatic hydroxyl groups is 2. The van der Waals surface area contributed by atoms with E-state index in [1.165, 1.54) is 20.1 Å². The van der Waals surface area contributed by atoms with Crippen molar-refractivity contribution < 1.29 is 78.5 Å². The van der Waals surface area contributed by atoms with Gasteiger partial charge in [-0.25, -0.2) is 9.59 Å². The van der Waals surface area contributed by atoms with Gasteiger partial charge in [0.25, 0.3) is 0 Å². The number of halogens is 2. The molecule has 2 fully saturated rings. The molecule has 0 aliphatic carbocycles. The van der Waals surface area contributed by atoms with Crippen molar-refractivity contribution in [3.8, 4) is 11.5 Å². The summed E-state index contributed by atoms with van der Waals surface area (Å²) >= 11 is 12.3. The van der Waals surface area contributed by atoms with E-state index in [-0.39, 0.29) is 47.1 Å². The van der Waals surface area contributed by atoms with Gasteiger partial charge in [-0.2, -0.15) is 0 Å². The van der Waals surface area contributed by atoms with E-state index < -0.39 is 108 Å². The number of hydrogen-bond acceptors (Lipinski definition) is 16.